The number of carbonyl (C=O) groups is 2. The Balaban J connectivity index is 0. The average Bonchev–Trinajstić information content (AvgIpc) is 2.03. The van der Waals surface area contributed by atoms with E-state index in [2.05, 4.69) is 4.74 Å². The van der Waals surface area contributed by atoms with Gasteiger partial charge >= 0.3 is 18.3 Å². The van der Waals surface area contributed by atoms with Crippen LogP contribution in [0, 0.1) is 0 Å². The first-order valence-corrected chi connectivity index (χ1v) is 3.87. The van der Waals surface area contributed by atoms with E-state index in [1.165, 1.54) is 0 Å². The van der Waals surface area contributed by atoms with Gasteiger partial charge in [0, 0.05) is 0 Å². The fourth-order valence-electron chi connectivity index (χ4n) is 0.304. The number of halogens is 3. The van der Waals surface area contributed by atoms with Crippen molar-refractivity contribution >= 4 is 12.1 Å². The van der Waals surface area contributed by atoms with E-state index >= 15 is 0 Å². The summed E-state index contributed by atoms with van der Waals surface area (Å²) in [6.45, 7) is 2.30. The van der Waals surface area contributed by atoms with Gasteiger partial charge in [0.2, 0.25) is 0 Å². The van der Waals surface area contributed by atoms with Crippen molar-refractivity contribution < 1.29 is 37.7 Å². The van der Waals surface area contributed by atoms with Crippen molar-refractivity contribution in [2.75, 3.05) is 6.61 Å². The zero-order valence-electron chi connectivity index (χ0n) is 7.87. The standard InChI is InChI=1S/C5H10O3.C2HF3O2/c1-2-3-4-8-5(6)7;3-2(4,5)1(6)7/h2-4H2,1H3,(H,6,7);(H,6,7). The van der Waals surface area contributed by atoms with E-state index in [9.17, 15) is 18.0 Å². The van der Waals surface area contributed by atoms with Gasteiger partial charge in [-0.2, -0.15) is 13.2 Å². The smallest absolute Gasteiger partial charge is 0.475 e. The van der Waals surface area contributed by atoms with Gasteiger partial charge in [-0.15, -0.1) is 0 Å². The first-order valence-electron chi connectivity index (χ1n) is 3.87. The number of hydrogen-bond acceptors (Lipinski definition) is 3. The number of carboxylic acid groups (broad SMARTS) is 2. The summed E-state index contributed by atoms with van der Waals surface area (Å²) < 4.78 is 35.9. The van der Waals surface area contributed by atoms with Gasteiger partial charge in [0.05, 0.1) is 6.61 Å². The highest BCUT2D eigenvalue weighted by atomic mass is 19.4. The third-order valence-electron chi connectivity index (χ3n) is 0.966. The molecule has 0 aliphatic heterocycles. The molecule has 8 heteroatoms. The van der Waals surface area contributed by atoms with E-state index in [1.807, 2.05) is 6.92 Å². The monoisotopic (exact) mass is 232 g/mol. The van der Waals surface area contributed by atoms with Crippen molar-refractivity contribution in [2.45, 2.75) is 25.9 Å². The predicted molar refractivity (Wildman–Crippen MR) is 42.6 cm³/mol. The molecule has 0 aromatic carbocycles. The molecule has 0 aliphatic carbocycles. The molecule has 0 unspecified atom stereocenters. The van der Waals surface area contributed by atoms with Crippen molar-refractivity contribution in [2.24, 2.45) is 0 Å². The molecule has 5 nitrogen and oxygen atoms in total. The Morgan fingerprint density at radius 1 is 1.27 bits per heavy atom. The lowest BCUT2D eigenvalue weighted by molar-refractivity contribution is -0.192. The van der Waals surface area contributed by atoms with Gasteiger partial charge in [-0.25, -0.2) is 9.59 Å². The second kappa shape index (κ2) is 7.89. The van der Waals surface area contributed by atoms with Crippen molar-refractivity contribution in [1.29, 1.82) is 0 Å². The minimum Gasteiger partial charge on any atom is -0.475 e. The van der Waals surface area contributed by atoms with E-state index in [0.29, 0.717) is 6.61 Å². The third kappa shape index (κ3) is 15.3. The lowest BCUT2D eigenvalue weighted by atomic mass is 10.4. The van der Waals surface area contributed by atoms with Crippen LogP contribution in [-0.2, 0) is 9.53 Å². The van der Waals surface area contributed by atoms with Gasteiger partial charge in [0.25, 0.3) is 0 Å². The van der Waals surface area contributed by atoms with Crippen LogP contribution in [0.1, 0.15) is 19.8 Å². The van der Waals surface area contributed by atoms with E-state index in [-0.39, 0.29) is 0 Å². The maximum Gasteiger partial charge on any atom is 0.505 e. The van der Waals surface area contributed by atoms with Crippen LogP contribution in [0.5, 0.6) is 0 Å². The largest absolute Gasteiger partial charge is 0.505 e. The molecule has 0 radical (unpaired) electrons. The summed E-state index contributed by atoms with van der Waals surface area (Å²) in [5.41, 5.74) is 0. The molecule has 2 N–H and O–H groups in total. The highest BCUT2D eigenvalue weighted by Crippen LogP contribution is 2.13. The molecule has 0 atom stereocenters. The molecule has 0 spiro atoms. The van der Waals surface area contributed by atoms with Crippen molar-refractivity contribution in [3.8, 4) is 0 Å². The van der Waals surface area contributed by atoms with Crippen LogP contribution in [0.2, 0.25) is 0 Å². The van der Waals surface area contributed by atoms with Gasteiger partial charge in [-0.3, -0.25) is 0 Å². The molecule has 0 saturated carbocycles. The van der Waals surface area contributed by atoms with E-state index in [4.69, 9.17) is 15.0 Å². The third-order valence-corrected chi connectivity index (χ3v) is 0.966. The molecule has 90 valence electrons. The molecule has 0 saturated heterocycles. The number of aliphatic carboxylic acids is 1. The van der Waals surface area contributed by atoms with Crippen molar-refractivity contribution in [1.82, 2.24) is 0 Å². The van der Waals surface area contributed by atoms with E-state index in [0.717, 1.165) is 12.8 Å². The minimum atomic E-state index is -5.08. The summed E-state index contributed by atoms with van der Waals surface area (Å²) in [5, 5.41) is 15.0. The zero-order chi connectivity index (χ0) is 12.5. The van der Waals surface area contributed by atoms with Crippen LogP contribution in [0.3, 0.4) is 0 Å². The number of ether oxygens (including phenoxy) is 1. The lowest BCUT2D eigenvalue weighted by Gasteiger charge is -1.94. The first-order chi connectivity index (χ1) is 6.71. The van der Waals surface area contributed by atoms with Gasteiger partial charge in [0.1, 0.15) is 0 Å². The number of hydrogen-bond donors (Lipinski definition) is 2. The van der Waals surface area contributed by atoms with Gasteiger partial charge < -0.3 is 14.9 Å². The van der Waals surface area contributed by atoms with Gasteiger partial charge in [-0.05, 0) is 6.42 Å². The van der Waals surface area contributed by atoms with Crippen molar-refractivity contribution in [3.63, 3.8) is 0 Å². The lowest BCUT2D eigenvalue weighted by Crippen LogP contribution is -2.21. The Hall–Kier alpha value is -1.47. The number of unbranched alkanes of at least 4 members (excludes halogenated alkanes) is 1. The average molecular weight is 232 g/mol. The molecule has 0 aromatic rings. The van der Waals surface area contributed by atoms with Crippen LogP contribution >= 0.6 is 0 Å². The molecule has 0 aliphatic rings. The van der Waals surface area contributed by atoms with Crippen molar-refractivity contribution in [3.05, 3.63) is 0 Å². The van der Waals surface area contributed by atoms with Crippen LogP contribution < -0.4 is 0 Å². The van der Waals surface area contributed by atoms with Crippen LogP contribution in [0.4, 0.5) is 18.0 Å². The summed E-state index contributed by atoms with van der Waals surface area (Å²) in [4.78, 5) is 18.5. The SMILES string of the molecule is CCCCOC(=O)O.O=C(O)C(F)(F)F. The second-order valence-electron chi connectivity index (χ2n) is 2.27. The first kappa shape index (κ1) is 16.0. The molecule has 0 rings (SSSR count). The van der Waals surface area contributed by atoms with E-state index in [1.54, 1.807) is 0 Å². The maximum atomic E-state index is 10.6. The molecular weight excluding hydrogens is 221 g/mol. The molecule has 0 fully saturated rings. The zero-order valence-corrected chi connectivity index (χ0v) is 7.87. The van der Waals surface area contributed by atoms with Gasteiger partial charge in [0.15, 0.2) is 0 Å². The number of alkyl halides is 3. The summed E-state index contributed by atoms with van der Waals surface area (Å²) >= 11 is 0. The summed E-state index contributed by atoms with van der Waals surface area (Å²) in [6.07, 6.45) is -4.49. The molecule has 0 aromatic heterocycles. The topological polar surface area (TPSA) is 83.8 Å². The highest BCUT2D eigenvalue weighted by Gasteiger charge is 2.38. The molecule has 0 heterocycles. The minimum absolute atomic E-state index is 0.325. The summed E-state index contributed by atoms with van der Waals surface area (Å²) in [5.74, 6) is -2.76. The molecular formula is C7H11F3O5. The fraction of sp³-hybridized carbons (Fsp3) is 0.714. The Morgan fingerprint density at radius 3 is 1.87 bits per heavy atom. The molecule has 0 amide bonds. The predicted octanol–water partition coefficient (Wildman–Crippen LogP) is 2.11. The van der Waals surface area contributed by atoms with Crippen LogP contribution in [0.25, 0.3) is 0 Å². The Bertz CT molecular complexity index is 201. The fourth-order valence-corrected chi connectivity index (χ4v) is 0.304. The maximum absolute atomic E-state index is 10.6. The quantitative estimate of drug-likeness (QED) is 0.575. The normalized spacial score (nSPS) is 9.87. The van der Waals surface area contributed by atoms with Crippen LogP contribution in [0.15, 0.2) is 0 Å². The summed E-state index contributed by atoms with van der Waals surface area (Å²) in [6, 6.07) is 0. The Labute approximate surface area is 83.5 Å². The van der Waals surface area contributed by atoms with Crippen LogP contribution in [-0.4, -0.2) is 35.1 Å². The molecule has 0 bridgehead atoms. The highest BCUT2D eigenvalue weighted by molar-refractivity contribution is 5.73. The van der Waals surface area contributed by atoms with E-state index < -0.39 is 18.3 Å². The number of carboxylic acids is 1. The Kier molecular flexibility index (Phi) is 8.40. The Morgan fingerprint density at radius 2 is 1.67 bits per heavy atom. The molecule has 15 heavy (non-hydrogen) atoms. The van der Waals surface area contributed by atoms with Gasteiger partial charge in [-0.1, -0.05) is 13.3 Å². The second-order valence-corrected chi connectivity index (χ2v) is 2.27. The number of rotatable bonds is 3. The summed E-state index contributed by atoms with van der Waals surface area (Å²) in [7, 11) is 0.